The van der Waals surface area contributed by atoms with Gasteiger partial charge in [-0.15, -0.1) is 0 Å². The van der Waals surface area contributed by atoms with E-state index in [0.29, 0.717) is 22.7 Å². The second kappa shape index (κ2) is 8.72. The number of benzene rings is 2. The fourth-order valence-electron chi connectivity index (χ4n) is 2.33. The van der Waals surface area contributed by atoms with E-state index >= 15 is 0 Å². The van der Waals surface area contributed by atoms with Gasteiger partial charge in [0, 0.05) is 11.6 Å². The molecule has 8 nitrogen and oxygen atoms in total. The van der Waals surface area contributed by atoms with Crippen molar-refractivity contribution in [2.24, 2.45) is 0 Å². The average molecular weight is 359 g/mol. The molecule has 1 atom stereocenters. The zero-order chi connectivity index (χ0) is 19.1. The molecule has 0 aliphatic heterocycles. The lowest BCUT2D eigenvalue weighted by atomic mass is 10.1. The minimum absolute atomic E-state index is 0.300. The van der Waals surface area contributed by atoms with Crippen molar-refractivity contribution in [1.82, 2.24) is 10.8 Å². The first-order valence-corrected chi connectivity index (χ1v) is 7.82. The van der Waals surface area contributed by atoms with Gasteiger partial charge < -0.3 is 20.1 Å². The van der Waals surface area contributed by atoms with Crippen LogP contribution in [0, 0.1) is 0 Å². The van der Waals surface area contributed by atoms with Crippen molar-refractivity contribution >= 4 is 17.6 Å². The summed E-state index contributed by atoms with van der Waals surface area (Å²) in [5, 5.41) is 14.1. The summed E-state index contributed by atoms with van der Waals surface area (Å²) in [6.07, 6.45) is 0. The Balaban J connectivity index is 2.02. The molecular formula is C18H21N3O5. The molecule has 0 fully saturated rings. The summed E-state index contributed by atoms with van der Waals surface area (Å²) in [4.78, 5) is 23.6. The number of hydroxylamine groups is 1. The van der Waals surface area contributed by atoms with Gasteiger partial charge in [-0.25, -0.2) is 10.3 Å². The molecule has 2 rings (SSSR count). The number of ether oxygens (including phenoxy) is 2. The van der Waals surface area contributed by atoms with Gasteiger partial charge in [-0.2, -0.15) is 0 Å². The van der Waals surface area contributed by atoms with E-state index in [9.17, 15) is 9.59 Å². The summed E-state index contributed by atoms with van der Waals surface area (Å²) in [6, 6.07) is 10.9. The molecule has 0 radical (unpaired) electrons. The fraction of sp³-hybridized carbons (Fsp3) is 0.222. The smallest absolute Gasteiger partial charge is 0.319 e. The van der Waals surface area contributed by atoms with Crippen LogP contribution in [-0.2, 0) is 0 Å². The molecule has 0 aliphatic carbocycles. The zero-order valence-corrected chi connectivity index (χ0v) is 14.7. The van der Waals surface area contributed by atoms with Gasteiger partial charge in [0.25, 0.3) is 5.91 Å². The average Bonchev–Trinajstić information content (AvgIpc) is 2.67. The maximum absolute atomic E-state index is 12.2. The molecular weight excluding hydrogens is 338 g/mol. The predicted octanol–water partition coefficient (Wildman–Crippen LogP) is 2.71. The number of amides is 3. The number of anilines is 1. The Morgan fingerprint density at radius 1 is 1.04 bits per heavy atom. The van der Waals surface area contributed by atoms with Crippen LogP contribution in [-0.4, -0.2) is 31.4 Å². The Bertz CT molecular complexity index is 777. The highest BCUT2D eigenvalue weighted by atomic mass is 16.5. The van der Waals surface area contributed by atoms with Crippen LogP contribution in [0.5, 0.6) is 11.5 Å². The van der Waals surface area contributed by atoms with E-state index in [2.05, 4.69) is 10.6 Å². The van der Waals surface area contributed by atoms with E-state index in [1.54, 1.807) is 55.1 Å². The number of rotatable bonds is 6. The third kappa shape index (κ3) is 4.64. The van der Waals surface area contributed by atoms with Gasteiger partial charge >= 0.3 is 6.03 Å². The highest BCUT2D eigenvalue weighted by Crippen LogP contribution is 2.29. The lowest BCUT2D eigenvalue weighted by Gasteiger charge is -2.17. The van der Waals surface area contributed by atoms with Gasteiger partial charge in [0.2, 0.25) is 0 Å². The third-order valence-corrected chi connectivity index (χ3v) is 3.78. The molecule has 3 amide bonds. The van der Waals surface area contributed by atoms with Crippen LogP contribution < -0.4 is 25.6 Å². The minimum Gasteiger partial charge on any atom is -0.497 e. The molecule has 138 valence electrons. The lowest BCUT2D eigenvalue weighted by molar-refractivity contribution is 0.0706. The topological polar surface area (TPSA) is 109 Å². The SMILES string of the molecule is COc1ccc(NC(=O)NC(C)c2ccc(C(=O)NO)cc2)c(OC)c1. The molecule has 26 heavy (non-hydrogen) atoms. The van der Waals surface area contributed by atoms with Gasteiger partial charge in [-0.1, -0.05) is 12.1 Å². The summed E-state index contributed by atoms with van der Waals surface area (Å²) in [5.41, 5.74) is 3.19. The number of methoxy groups -OCH3 is 2. The standard InChI is InChI=1S/C18H21N3O5/c1-11(12-4-6-13(7-5-12)17(22)21-24)19-18(23)20-15-9-8-14(25-2)10-16(15)26-3/h4-11,24H,1-3H3,(H,21,22)(H2,19,20,23). The van der Waals surface area contributed by atoms with E-state index in [-0.39, 0.29) is 6.04 Å². The van der Waals surface area contributed by atoms with E-state index in [0.717, 1.165) is 5.56 Å². The van der Waals surface area contributed by atoms with Gasteiger partial charge in [-0.3, -0.25) is 10.0 Å². The van der Waals surface area contributed by atoms with E-state index < -0.39 is 11.9 Å². The molecule has 2 aromatic rings. The maximum atomic E-state index is 12.2. The normalized spacial score (nSPS) is 11.2. The number of hydrogen-bond acceptors (Lipinski definition) is 5. The Labute approximate surface area is 151 Å². The first-order valence-electron chi connectivity index (χ1n) is 7.82. The highest BCUT2D eigenvalue weighted by Gasteiger charge is 2.13. The number of hydrogen-bond donors (Lipinski definition) is 4. The lowest BCUT2D eigenvalue weighted by Crippen LogP contribution is -2.31. The summed E-state index contributed by atoms with van der Waals surface area (Å²) in [6.45, 7) is 1.81. The number of carbonyl (C=O) groups is 2. The quantitative estimate of drug-likeness (QED) is 0.468. The monoisotopic (exact) mass is 359 g/mol. The van der Waals surface area contributed by atoms with Crippen LogP contribution in [0.1, 0.15) is 28.9 Å². The van der Waals surface area contributed by atoms with Crippen molar-refractivity contribution in [3.63, 3.8) is 0 Å². The molecule has 4 N–H and O–H groups in total. The second-order valence-electron chi connectivity index (χ2n) is 5.45. The predicted molar refractivity (Wildman–Crippen MR) is 95.8 cm³/mol. The Hall–Kier alpha value is -3.26. The van der Waals surface area contributed by atoms with E-state index in [4.69, 9.17) is 14.7 Å². The largest absolute Gasteiger partial charge is 0.497 e. The number of nitrogens with one attached hydrogen (secondary N) is 3. The van der Waals surface area contributed by atoms with Crippen molar-refractivity contribution in [1.29, 1.82) is 0 Å². The summed E-state index contributed by atoms with van der Waals surface area (Å²) in [5.74, 6) is 0.501. The molecule has 0 aromatic heterocycles. The van der Waals surface area contributed by atoms with Crippen molar-refractivity contribution in [3.8, 4) is 11.5 Å². The summed E-state index contributed by atoms with van der Waals surface area (Å²) in [7, 11) is 3.05. The Morgan fingerprint density at radius 3 is 2.31 bits per heavy atom. The van der Waals surface area contributed by atoms with Crippen LogP contribution in [0.3, 0.4) is 0 Å². The van der Waals surface area contributed by atoms with Gasteiger partial charge in [0.1, 0.15) is 11.5 Å². The first-order chi connectivity index (χ1) is 12.5. The van der Waals surface area contributed by atoms with Gasteiger partial charge in [0.05, 0.1) is 25.9 Å². The number of carbonyl (C=O) groups excluding carboxylic acids is 2. The highest BCUT2D eigenvalue weighted by molar-refractivity contribution is 5.93. The molecule has 2 aromatic carbocycles. The summed E-state index contributed by atoms with van der Waals surface area (Å²) < 4.78 is 10.4. The summed E-state index contributed by atoms with van der Waals surface area (Å²) >= 11 is 0. The molecule has 0 saturated heterocycles. The molecule has 8 heteroatoms. The molecule has 0 aliphatic rings. The van der Waals surface area contributed by atoms with Crippen LogP contribution in [0.15, 0.2) is 42.5 Å². The van der Waals surface area contributed by atoms with Gasteiger partial charge in [0.15, 0.2) is 0 Å². The van der Waals surface area contributed by atoms with Crippen LogP contribution in [0.25, 0.3) is 0 Å². The zero-order valence-electron chi connectivity index (χ0n) is 14.7. The van der Waals surface area contributed by atoms with Crippen molar-refractivity contribution < 1.29 is 24.3 Å². The van der Waals surface area contributed by atoms with Crippen LogP contribution >= 0.6 is 0 Å². The van der Waals surface area contributed by atoms with Crippen LogP contribution in [0.4, 0.5) is 10.5 Å². The van der Waals surface area contributed by atoms with Crippen molar-refractivity contribution in [3.05, 3.63) is 53.6 Å². The number of urea groups is 1. The molecule has 0 bridgehead atoms. The Morgan fingerprint density at radius 2 is 1.73 bits per heavy atom. The molecule has 0 heterocycles. The molecule has 1 unspecified atom stereocenters. The molecule has 0 saturated carbocycles. The van der Waals surface area contributed by atoms with Crippen molar-refractivity contribution in [2.45, 2.75) is 13.0 Å². The first kappa shape index (κ1) is 19.1. The van der Waals surface area contributed by atoms with Gasteiger partial charge in [-0.05, 0) is 36.8 Å². The van der Waals surface area contributed by atoms with Crippen LogP contribution in [0.2, 0.25) is 0 Å². The maximum Gasteiger partial charge on any atom is 0.319 e. The minimum atomic E-state index is -0.596. The van der Waals surface area contributed by atoms with Crippen molar-refractivity contribution in [2.75, 3.05) is 19.5 Å². The third-order valence-electron chi connectivity index (χ3n) is 3.78. The molecule has 0 spiro atoms. The Kier molecular flexibility index (Phi) is 6.40. The van der Waals surface area contributed by atoms with E-state index in [1.807, 2.05) is 6.92 Å². The fourth-order valence-corrected chi connectivity index (χ4v) is 2.33. The van der Waals surface area contributed by atoms with E-state index in [1.165, 1.54) is 7.11 Å². The second-order valence-corrected chi connectivity index (χ2v) is 5.45.